The maximum absolute atomic E-state index is 5.53. The molecule has 0 saturated heterocycles. The molecule has 0 amide bonds. The SMILES string of the molecule is Cc1nsc(N(CCC(N)=S)CC(C)C)n1. The van der Waals surface area contributed by atoms with Crippen molar-refractivity contribution in [2.24, 2.45) is 11.7 Å². The van der Waals surface area contributed by atoms with Crippen molar-refractivity contribution < 1.29 is 0 Å². The second-order valence-electron chi connectivity index (χ2n) is 4.18. The Kier molecular flexibility index (Phi) is 5.08. The molecule has 0 aliphatic carbocycles. The summed E-state index contributed by atoms with van der Waals surface area (Å²) in [7, 11) is 0. The van der Waals surface area contributed by atoms with Gasteiger partial charge in [-0.25, -0.2) is 4.98 Å². The summed E-state index contributed by atoms with van der Waals surface area (Å²) in [5.41, 5.74) is 5.53. The average molecular weight is 258 g/mol. The second kappa shape index (κ2) is 6.10. The van der Waals surface area contributed by atoms with Crippen LogP contribution in [0.25, 0.3) is 0 Å². The molecule has 0 aliphatic heterocycles. The summed E-state index contributed by atoms with van der Waals surface area (Å²) in [6.07, 6.45) is 0.723. The van der Waals surface area contributed by atoms with Crippen molar-refractivity contribution in [3.63, 3.8) is 0 Å². The molecule has 0 fully saturated rings. The summed E-state index contributed by atoms with van der Waals surface area (Å²) in [4.78, 5) is 7.15. The van der Waals surface area contributed by atoms with Gasteiger partial charge in [0.05, 0.1) is 4.99 Å². The third-order valence-corrected chi connectivity index (χ3v) is 3.07. The van der Waals surface area contributed by atoms with E-state index in [0.29, 0.717) is 10.9 Å². The van der Waals surface area contributed by atoms with Gasteiger partial charge in [-0.15, -0.1) is 0 Å². The van der Waals surface area contributed by atoms with Crippen LogP contribution in [0.15, 0.2) is 0 Å². The average Bonchev–Trinajstić information content (AvgIpc) is 2.58. The van der Waals surface area contributed by atoms with Crippen LogP contribution < -0.4 is 10.6 Å². The van der Waals surface area contributed by atoms with Crippen LogP contribution in [0.4, 0.5) is 5.13 Å². The topological polar surface area (TPSA) is 55.0 Å². The van der Waals surface area contributed by atoms with Crippen molar-refractivity contribution >= 4 is 33.9 Å². The van der Waals surface area contributed by atoms with E-state index in [4.69, 9.17) is 18.0 Å². The van der Waals surface area contributed by atoms with Gasteiger partial charge in [-0.3, -0.25) is 0 Å². The summed E-state index contributed by atoms with van der Waals surface area (Å²) in [5, 5.41) is 0.961. The standard InChI is InChI=1S/C10H18N4S2/c1-7(2)6-14(5-4-9(11)15)10-12-8(3)13-16-10/h7H,4-6H2,1-3H3,(H2,11,15). The van der Waals surface area contributed by atoms with Gasteiger partial charge in [-0.2, -0.15) is 4.37 Å². The van der Waals surface area contributed by atoms with E-state index in [1.54, 1.807) is 0 Å². The van der Waals surface area contributed by atoms with Gasteiger partial charge in [-0.1, -0.05) is 26.1 Å². The Balaban J connectivity index is 2.66. The lowest BCUT2D eigenvalue weighted by atomic mass is 10.2. The number of hydrogen-bond donors (Lipinski definition) is 1. The normalized spacial score (nSPS) is 10.8. The highest BCUT2D eigenvalue weighted by Gasteiger charge is 2.12. The van der Waals surface area contributed by atoms with Crippen molar-refractivity contribution in [2.45, 2.75) is 27.2 Å². The molecule has 1 aromatic heterocycles. The number of aryl methyl sites for hydroxylation is 1. The number of anilines is 1. The van der Waals surface area contributed by atoms with Gasteiger partial charge in [0.2, 0.25) is 5.13 Å². The Morgan fingerprint density at radius 3 is 2.69 bits per heavy atom. The smallest absolute Gasteiger partial charge is 0.205 e. The quantitative estimate of drug-likeness (QED) is 0.791. The molecule has 0 aliphatic rings. The van der Waals surface area contributed by atoms with Crippen molar-refractivity contribution in [1.82, 2.24) is 9.36 Å². The summed E-state index contributed by atoms with van der Waals surface area (Å²) < 4.78 is 4.20. The summed E-state index contributed by atoms with van der Waals surface area (Å²) >= 11 is 6.33. The van der Waals surface area contributed by atoms with Crippen LogP contribution in [0, 0.1) is 12.8 Å². The summed E-state index contributed by atoms with van der Waals surface area (Å²) in [5.74, 6) is 1.40. The first-order valence-corrected chi connectivity index (χ1v) is 6.50. The molecule has 16 heavy (non-hydrogen) atoms. The number of thiocarbonyl (C=S) groups is 1. The maximum Gasteiger partial charge on any atom is 0.205 e. The number of rotatable bonds is 6. The Morgan fingerprint density at radius 1 is 1.56 bits per heavy atom. The van der Waals surface area contributed by atoms with Crippen LogP contribution in [0.2, 0.25) is 0 Å². The van der Waals surface area contributed by atoms with Gasteiger partial charge in [0.1, 0.15) is 5.82 Å². The van der Waals surface area contributed by atoms with Crippen LogP contribution >= 0.6 is 23.8 Å². The van der Waals surface area contributed by atoms with E-state index in [9.17, 15) is 0 Å². The third kappa shape index (κ3) is 4.40. The minimum absolute atomic E-state index is 0.551. The molecule has 0 bridgehead atoms. The van der Waals surface area contributed by atoms with Gasteiger partial charge in [0.25, 0.3) is 0 Å². The largest absolute Gasteiger partial charge is 0.393 e. The predicted octanol–water partition coefficient (Wildman–Crippen LogP) is 1.99. The summed E-state index contributed by atoms with van der Waals surface area (Å²) in [6.45, 7) is 8.05. The molecule has 0 spiro atoms. The zero-order chi connectivity index (χ0) is 12.1. The van der Waals surface area contributed by atoms with Crippen molar-refractivity contribution in [1.29, 1.82) is 0 Å². The fourth-order valence-electron chi connectivity index (χ4n) is 1.37. The Labute approximate surface area is 106 Å². The molecule has 90 valence electrons. The molecule has 0 radical (unpaired) electrons. The van der Waals surface area contributed by atoms with Gasteiger partial charge in [0.15, 0.2) is 0 Å². The summed E-state index contributed by atoms with van der Waals surface area (Å²) in [6, 6.07) is 0. The van der Waals surface area contributed by atoms with E-state index in [1.165, 1.54) is 11.5 Å². The molecule has 6 heteroatoms. The van der Waals surface area contributed by atoms with E-state index in [1.807, 2.05) is 6.92 Å². The molecule has 0 atom stereocenters. The van der Waals surface area contributed by atoms with Crippen LogP contribution in [-0.2, 0) is 0 Å². The minimum atomic E-state index is 0.551. The van der Waals surface area contributed by atoms with Gasteiger partial charge < -0.3 is 10.6 Å². The molecule has 1 rings (SSSR count). The number of nitrogens with two attached hydrogens (primary N) is 1. The number of hydrogen-bond acceptors (Lipinski definition) is 5. The second-order valence-corrected chi connectivity index (χ2v) is 5.44. The van der Waals surface area contributed by atoms with Crippen LogP contribution in [0.5, 0.6) is 0 Å². The number of nitrogens with zero attached hydrogens (tertiary/aromatic N) is 3. The highest BCUT2D eigenvalue weighted by Crippen LogP contribution is 2.18. The van der Waals surface area contributed by atoms with Gasteiger partial charge in [-0.05, 0) is 12.8 Å². The van der Waals surface area contributed by atoms with E-state index >= 15 is 0 Å². The van der Waals surface area contributed by atoms with Crippen LogP contribution in [-0.4, -0.2) is 27.4 Å². The van der Waals surface area contributed by atoms with E-state index in [2.05, 4.69) is 28.1 Å². The van der Waals surface area contributed by atoms with Crippen molar-refractivity contribution in [2.75, 3.05) is 18.0 Å². The fraction of sp³-hybridized carbons (Fsp3) is 0.700. The highest BCUT2D eigenvalue weighted by molar-refractivity contribution is 7.80. The monoisotopic (exact) mass is 258 g/mol. The highest BCUT2D eigenvalue weighted by atomic mass is 32.1. The molecule has 0 saturated carbocycles. The van der Waals surface area contributed by atoms with Crippen molar-refractivity contribution in [3.05, 3.63) is 5.82 Å². The Bertz CT molecular complexity index is 348. The van der Waals surface area contributed by atoms with Crippen LogP contribution in [0.1, 0.15) is 26.1 Å². The Hall–Kier alpha value is -0.750. The minimum Gasteiger partial charge on any atom is -0.393 e. The molecule has 1 aromatic rings. The molecular weight excluding hydrogens is 240 g/mol. The van der Waals surface area contributed by atoms with Crippen molar-refractivity contribution in [3.8, 4) is 0 Å². The first-order chi connectivity index (χ1) is 7.49. The lowest BCUT2D eigenvalue weighted by molar-refractivity contribution is 0.612. The predicted molar refractivity (Wildman–Crippen MR) is 73.1 cm³/mol. The lowest BCUT2D eigenvalue weighted by Crippen LogP contribution is -2.30. The van der Waals surface area contributed by atoms with Gasteiger partial charge in [0, 0.05) is 31.0 Å². The molecular formula is C10H18N4S2. The molecule has 0 aromatic carbocycles. The first kappa shape index (κ1) is 13.3. The molecule has 0 unspecified atom stereocenters. The third-order valence-electron chi connectivity index (χ3n) is 2.00. The van der Waals surface area contributed by atoms with E-state index in [-0.39, 0.29) is 0 Å². The Morgan fingerprint density at radius 2 is 2.25 bits per heavy atom. The maximum atomic E-state index is 5.53. The zero-order valence-corrected chi connectivity index (χ0v) is 11.6. The fourth-order valence-corrected chi connectivity index (χ4v) is 2.17. The lowest BCUT2D eigenvalue weighted by Gasteiger charge is -2.23. The first-order valence-electron chi connectivity index (χ1n) is 5.32. The molecule has 4 nitrogen and oxygen atoms in total. The number of aromatic nitrogens is 2. The van der Waals surface area contributed by atoms with E-state index < -0.39 is 0 Å². The van der Waals surface area contributed by atoms with Crippen LogP contribution in [0.3, 0.4) is 0 Å². The van der Waals surface area contributed by atoms with Gasteiger partial charge >= 0.3 is 0 Å². The molecule has 2 N–H and O–H groups in total. The van der Waals surface area contributed by atoms with E-state index in [0.717, 1.165) is 30.5 Å². The molecule has 1 heterocycles. The zero-order valence-electron chi connectivity index (χ0n) is 9.93.